The third-order valence-electron chi connectivity index (χ3n) is 10.2. The van der Waals surface area contributed by atoms with Gasteiger partial charge in [-0.3, -0.25) is 4.57 Å². The Morgan fingerprint density at radius 3 is 1.79 bits per heavy atom. The molecule has 0 unspecified atom stereocenters. The molecule has 0 saturated carbocycles. The van der Waals surface area contributed by atoms with Crippen LogP contribution in [0.25, 0.3) is 105 Å². The molecule has 0 N–H and O–H groups in total. The Hall–Kier alpha value is -7.11. The number of benzene rings is 7. The quantitative estimate of drug-likeness (QED) is 0.176. The second-order valence-corrected chi connectivity index (χ2v) is 13.2. The summed E-state index contributed by atoms with van der Waals surface area (Å²) in [5.74, 6) is 1.46. The number of aromatic nitrogens is 4. The molecule has 0 amide bonds. The zero-order valence-electron chi connectivity index (χ0n) is 27.9. The van der Waals surface area contributed by atoms with Crippen molar-refractivity contribution in [2.75, 3.05) is 0 Å². The van der Waals surface area contributed by atoms with Crippen LogP contribution in [0.5, 0.6) is 0 Å². The van der Waals surface area contributed by atoms with Crippen molar-refractivity contribution in [3.63, 3.8) is 0 Å². The van der Waals surface area contributed by atoms with Crippen LogP contribution >= 0.6 is 0 Å². The third-order valence-corrected chi connectivity index (χ3v) is 10.2. The molecule has 7 aromatic carbocycles. The van der Waals surface area contributed by atoms with E-state index in [2.05, 4.69) is 156 Å². The highest BCUT2D eigenvalue weighted by atomic mass is 16.3. The normalized spacial score (nSPS) is 11.8. The van der Waals surface area contributed by atoms with E-state index in [0.717, 1.165) is 88.5 Å². The number of furan rings is 1. The van der Waals surface area contributed by atoms with Gasteiger partial charge in [0.15, 0.2) is 5.82 Å². The number of fused-ring (bicyclic) bond motifs is 10. The molecule has 0 aliphatic rings. The van der Waals surface area contributed by atoms with Gasteiger partial charge in [0.1, 0.15) is 17.0 Å². The van der Waals surface area contributed by atoms with Gasteiger partial charge in [-0.1, -0.05) is 115 Å². The van der Waals surface area contributed by atoms with Gasteiger partial charge >= 0.3 is 0 Å². The molecule has 11 aromatic rings. The summed E-state index contributed by atoms with van der Waals surface area (Å²) in [5.41, 5.74) is 9.63. The van der Waals surface area contributed by atoms with Crippen LogP contribution in [0.1, 0.15) is 0 Å². The highest BCUT2D eigenvalue weighted by molar-refractivity contribution is 6.28. The summed E-state index contributed by atoms with van der Waals surface area (Å²) in [4.78, 5) is 15.7. The molecule has 0 radical (unpaired) electrons. The Morgan fingerprint density at radius 2 is 1.04 bits per heavy atom. The van der Waals surface area contributed by atoms with Crippen molar-refractivity contribution in [1.29, 1.82) is 0 Å². The lowest BCUT2D eigenvalue weighted by atomic mass is 9.96. The van der Waals surface area contributed by atoms with Gasteiger partial charge in [0.05, 0.1) is 27.9 Å². The van der Waals surface area contributed by atoms with E-state index in [0.29, 0.717) is 5.82 Å². The van der Waals surface area contributed by atoms with E-state index < -0.39 is 0 Å². The van der Waals surface area contributed by atoms with Gasteiger partial charge in [0.2, 0.25) is 0 Å². The molecule has 0 saturated heterocycles. The van der Waals surface area contributed by atoms with Gasteiger partial charge in [-0.05, 0) is 48.5 Å². The summed E-state index contributed by atoms with van der Waals surface area (Å²) in [5, 5.41) is 7.76. The largest absolute Gasteiger partial charge is 0.456 e. The molecule has 52 heavy (non-hydrogen) atoms. The van der Waals surface area contributed by atoms with E-state index in [1.807, 2.05) is 18.2 Å². The van der Waals surface area contributed by atoms with Crippen LogP contribution in [0.3, 0.4) is 0 Å². The molecular formula is C47H28N4O. The zero-order chi connectivity index (χ0) is 34.2. The maximum atomic E-state index is 6.55. The summed E-state index contributed by atoms with van der Waals surface area (Å²) >= 11 is 0. The second-order valence-electron chi connectivity index (χ2n) is 13.2. The van der Waals surface area contributed by atoms with Crippen molar-refractivity contribution in [1.82, 2.24) is 19.5 Å². The monoisotopic (exact) mass is 664 g/mol. The molecule has 5 nitrogen and oxygen atoms in total. The van der Waals surface area contributed by atoms with Crippen molar-refractivity contribution in [2.45, 2.75) is 0 Å². The summed E-state index contributed by atoms with van der Waals surface area (Å²) in [7, 11) is 0. The first-order valence-corrected chi connectivity index (χ1v) is 17.5. The van der Waals surface area contributed by atoms with Gasteiger partial charge in [-0.2, -0.15) is 0 Å². The van der Waals surface area contributed by atoms with Crippen molar-refractivity contribution >= 4 is 65.4 Å². The molecule has 0 fully saturated rings. The fourth-order valence-corrected chi connectivity index (χ4v) is 7.87. The molecule has 0 aliphatic heterocycles. The van der Waals surface area contributed by atoms with Gasteiger partial charge < -0.3 is 4.42 Å². The van der Waals surface area contributed by atoms with Crippen LogP contribution in [0.15, 0.2) is 174 Å². The minimum absolute atomic E-state index is 0.645. The third kappa shape index (κ3) is 4.33. The SMILES string of the molecule is c1ccc(-c2cc(-n3c4ccccc4c4ccccc43)nc(-c3ccc4oc5ccc6c(-c7ccccc7)nc7ccccc7c6c5c4c3)n2)cc1. The first-order valence-electron chi connectivity index (χ1n) is 17.5. The molecular weight excluding hydrogens is 637 g/mol. The Balaban J connectivity index is 1.20. The van der Waals surface area contributed by atoms with Crippen molar-refractivity contribution in [3.05, 3.63) is 170 Å². The fraction of sp³-hybridized carbons (Fsp3) is 0. The van der Waals surface area contributed by atoms with E-state index in [4.69, 9.17) is 19.4 Å². The maximum Gasteiger partial charge on any atom is 0.162 e. The molecule has 11 rings (SSSR count). The predicted octanol–water partition coefficient (Wildman–Crippen LogP) is 12.2. The lowest BCUT2D eigenvalue weighted by molar-refractivity contribution is 0.669. The number of para-hydroxylation sites is 3. The topological polar surface area (TPSA) is 56.7 Å². The van der Waals surface area contributed by atoms with Gasteiger partial charge in [0, 0.05) is 60.5 Å². The van der Waals surface area contributed by atoms with Gasteiger partial charge in [0.25, 0.3) is 0 Å². The van der Waals surface area contributed by atoms with E-state index >= 15 is 0 Å². The minimum atomic E-state index is 0.645. The smallest absolute Gasteiger partial charge is 0.162 e. The van der Waals surface area contributed by atoms with E-state index in [1.165, 1.54) is 10.8 Å². The van der Waals surface area contributed by atoms with Crippen LogP contribution in [0.2, 0.25) is 0 Å². The first-order chi connectivity index (χ1) is 25.8. The average molecular weight is 665 g/mol. The van der Waals surface area contributed by atoms with E-state index in [9.17, 15) is 0 Å². The van der Waals surface area contributed by atoms with E-state index in [1.54, 1.807) is 0 Å². The Kier molecular flexibility index (Phi) is 6.18. The lowest BCUT2D eigenvalue weighted by Crippen LogP contribution is -2.02. The van der Waals surface area contributed by atoms with Crippen molar-refractivity contribution in [3.8, 4) is 39.7 Å². The van der Waals surface area contributed by atoms with Crippen LogP contribution in [0, 0.1) is 0 Å². The molecule has 4 heterocycles. The Morgan fingerprint density at radius 1 is 0.404 bits per heavy atom. The zero-order valence-corrected chi connectivity index (χ0v) is 27.9. The van der Waals surface area contributed by atoms with Gasteiger partial charge in [-0.25, -0.2) is 15.0 Å². The number of hydrogen-bond donors (Lipinski definition) is 0. The van der Waals surface area contributed by atoms with Crippen LogP contribution < -0.4 is 0 Å². The highest BCUT2D eigenvalue weighted by Gasteiger charge is 2.20. The average Bonchev–Trinajstić information content (AvgIpc) is 3.76. The number of hydrogen-bond acceptors (Lipinski definition) is 4. The summed E-state index contributed by atoms with van der Waals surface area (Å²) in [6.07, 6.45) is 0. The lowest BCUT2D eigenvalue weighted by Gasteiger charge is -2.12. The highest BCUT2D eigenvalue weighted by Crippen LogP contribution is 2.42. The van der Waals surface area contributed by atoms with Crippen LogP contribution in [0.4, 0.5) is 0 Å². The van der Waals surface area contributed by atoms with Crippen molar-refractivity contribution in [2.24, 2.45) is 0 Å². The predicted molar refractivity (Wildman–Crippen MR) is 213 cm³/mol. The fourth-order valence-electron chi connectivity index (χ4n) is 7.87. The maximum absolute atomic E-state index is 6.55. The molecule has 242 valence electrons. The number of pyridine rings is 1. The molecule has 0 bridgehead atoms. The second kappa shape index (κ2) is 11.2. The number of nitrogens with zero attached hydrogens (tertiary/aromatic N) is 4. The first kappa shape index (κ1) is 28.7. The minimum Gasteiger partial charge on any atom is -0.456 e. The van der Waals surface area contributed by atoms with E-state index in [-0.39, 0.29) is 0 Å². The van der Waals surface area contributed by atoms with Crippen molar-refractivity contribution < 1.29 is 4.42 Å². The summed E-state index contributed by atoms with van der Waals surface area (Å²) in [6, 6.07) is 58.8. The molecule has 0 spiro atoms. The number of rotatable bonds is 4. The summed E-state index contributed by atoms with van der Waals surface area (Å²) in [6.45, 7) is 0. The molecule has 0 aliphatic carbocycles. The standard InChI is InChI=1S/C47H28N4O/c1-3-13-29(14-4-1)38-28-43(51-39-21-11-8-17-32(39)33-18-9-12-22-40(33)51)50-47(49-38)31-23-25-41-36(27-31)45-42(52-41)26-24-35-44(45)34-19-7-10-20-37(34)48-46(35)30-15-5-2-6-16-30/h1-28H. The Bertz CT molecular complexity index is 3130. The van der Waals surface area contributed by atoms with Crippen LogP contribution in [-0.4, -0.2) is 19.5 Å². The molecule has 4 aromatic heterocycles. The van der Waals surface area contributed by atoms with Gasteiger partial charge in [-0.15, -0.1) is 0 Å². The molecule has 5 heteroatoms. The summed E-state index contributed by atoms with van der Waals surface area (Å²) < 4.78 is 8.81. The molecule has 0 atom stereocenters. The van der Waals surface area contributed by atoms with Crippen LogP contribution in [-0.2, 0) is 0 Å². The Labute approximate surface area is 298 Å².